The average Bonchev–Trinajstić information content (AvgIpc) is 3.81. The molecule has 8 atom stereocenters. The zero-order valence-corrected chi connectivity index (χ0v) is 36.5. The Bertz CT molecular complexity index is 2570. The molecule has 66 heavy (non-hydrogen) atoms. The number of hydrogen-bond donors (Lipinski definition) is 4. The Labute approximate surface area is 375 Å². The lowest BCUT2D eigenvalue weighted by molar-refractivity contribution is -0.310. The highest BCUT2D eigenvalue weighted by Gasteiger charge is 2.66. The third kappa shape index (κ3) is 7.32. The number of aromatic nitrogens is 4. The number of rotatable bonds is 4. The molecule has 2 heterocycles. The predicted octanol–water partition coefficient (Wildman–Crippen LogP) is 10.4. The van der Waals surface area contributed by atoms with Crippen LogP contribution in [0.2, 0.25) is 0 Å². The van der Waals surface area contributed by atoms with E-state index in [1.807, 2.05) is 38.1 Å². The van der Waals surface area contributed by atoms with Gasteiger partial charge in [0.05, 0.1) is 47.0 Å². The summed E-state index contributed by atoms with van der Waals surface area (Å²) in [6.07, 6.45) is -6.45. The second kappa shape index (κ2) is 16.4. The van der Waals surface area contributed by atoms with E-state index in [9.17, 15) is 55.5 Å². The third-order valence-electron chi connectivity index (χ3n) is 15.9. The van der Waals surface area contributed by atoms with E-state index in [-0.39, 0.29) is 24.5 Å². The van der Waals surface area contributed by atoms with Crippen molar-refractivity contribution in [1.29, 1.82) is 0 Å². The van der Waals surface area contributed by atoms with Gasteiger partial charge in [-0.15, -0.1) is 0 Å². The standard InChI is InChI=1S/2C25H26F4N2O2/c2*1-2-23-13-22(32)24(33,25(27,28)29)12-17(23)5-3-4-15-11-21-16(10-20(15)23)14-30-31(21)19-8-6-18(26)7-9-19/h2*6-11,14,17,22,32-33H,2-5,12-13H2,1H3/t2*17-,22-,23-,24+/m10/s1. The SMILES string of the molecule is CC[C@@]12C[C@@H](O)[C@](O)(C(F)(F)F)C[C@H]1CCCc1cc3c(cnn3-c3ccc(F)cc3)cc12.CC[C@]12C[C@H](O)[C@@](O)(C(F)(F)F)C[C@@H]1CCCc1cc3c(cnn3-c3ccc(F)cc3)cc12. The Kier molecular flexibility index (Phi) is 11.5. The van der Waals surface area contributed by atoms with Crippen molar-refractivity contribution < 1.29 is 55.5 Å². The largest absolute Gasteiger partial charge is 0.419 e. The molecule has 4 aliphatic rings. The quantitative estimate of drug-likeness (QED) is 0.131. The van der Waals surface area contributed by atoms with E-state index in [1.54, 1.807) is 46.0 Å². The zero-order chi connectivity index (χ0) is 47.2. The summed E-state index contributed by atoms with van der Waals surface area (Å²) in [4.78, 5) is 0. The molecule has 2 saturated carbocycles. The molecule has 0 amide bonds. The van der Waals surface area contributed by atoms with Crippen molar-refractivity contribution in [3.05, 3.63) is 119 Å². The molecule has 352 valence electrons. The molecule has 0 bridgehead atoms. The van der Waals surface area contributed by atoms with Gasteiger partial charge in [-0.25, -0.2) is 18.1 Å². The van der Waals surface area contributed by atoms with Crippen molar-refractivity contribution in [3.8, 4) is 11.4 Å². The summed E-state index contributed by atoms with van der Waals surface area (Å²) in [7, 11) is 0. The maximum atomic E-state index is 13.7. The Hall–Kier alpha value is -4.90. The number of fused-ring (bicyclic) bond motifs is 8. The molecule has 0 spiro atoms. The Balaban J connectivity index is 0.000000166. The molecule has 4 aliphatic carbocycles. The van der Waals surface area contributed by atoms with Crippen LogP contribution >= 0.6 is 0 Å². The molecular formula is C50H52F8N4O4. The summed E-state index contributed by atoms with van der Waals surface area (Å²) in [6, 6.07) is 20.1. The number of halogens is 8. The van der Waals surface area contributed by atoms with E-state index in [4.69, 9.17) is 0 Å². The van der Waals surface area contributed by atoms with Gasteiger partial charge >= 0.3 is 12.4 Å². The fraction of sp³-hybridized carbons (Fsp3) is 0.480. The van der Waals surface area contributed by atoms with E-state index in [1.165, 1.54) is 24.3 Å². The lowest BCUT2D eigenvalue weighted by Crippen LogP contribution is -2.62. The van der Waals surface area contributed by atoms with Crippen LogP contribution in [0, 0.1) is 23.5 Å². The van der Waals surface area contributed by atoms with Gasteiger partial charge in [-0.1, -0.05) is 13.8 Å². The van der Waals surface area contributed by atoms with Crippen LogP contribution < -0.4 is 0 Å². The van der Waals surface area contributed by atoms with Crippen LogP contribution in [0.3, 0.4) is 0 Å². The van der Waals surface area contributed by atoms with Crippen molar-refractivity contribution in [1.82, 2.24) is 19.6 Å². The van der Waals surface area contributed by atoms with E-state index < -0.39 is 71.3 Å². The number of aryl methyl sites for hydroxylation is 2. The molecule has 0 radical (unpaired) electrons. The molecule has 4 N–H and O–H groups in total. The van der Waals surface area contributed by atoms with Gasteiger partial charge in [0, 0.05) is 21.6 Å². The second-order valence-corrected chi connectivity index (χ2v) is 19.1. The van der Waals surface area contributed by atoms with E-state index in [2.05, 4.69) is 10.2 Å². The molecular weight excluding hydrogens is 873 g/mol. The molecule has 16 heteroatoms. The first-order valence-electron chi connectivity index (χ1n) is 22.7. The smallest absolute Gasteiger partial charge is 0.390 e. The maximum absolute atomic E-state index is 13.7. The third-order valence-corrected chi connectivity index (χ3v) is 15.9. The minimum Gasteiger partial charge on any atom is -0.390 e. The number of aliphatic hydroxyl groups excluding tert-OH is 2. The van der Waals surface area contributed by atoms with Crippen LogP contribution in [-0.2, 0) is 23.7 Å². The molecule has 10 rings (SSSR count). The summed E-state index contributed by atoms with van der Waals surface area (Å²) in [5.41, 5.74) is -0.426. The summed E-state index contributed by atoms with van der Waals surface area (Å²) in [6.45, 7) is 3.89. The number of benzene rings is 4. The lowest BCUT2D eigenvalue weighted by Gasteiger charge is -2.52. The Morgan fingerprint density at radius 1 is 0.576 bits per heavy atom. The van der Waals surface area contributed by atoms with Gasteiger partial charge in [0.25, 0.3) is 0 Å². The Morgan fingerprint density at radius 3 is 1.27 bits per heavy atom. The van der Waals surface area contributed by atoms with Gasteiger partial charge in [-0.2, -0.15) is 36.5 Å². The van der Waals surface area contributed by atoms with Crippen molar-refractivity contribution in [2.45, 2.75) is 137 Å². The van der Waals surface area contributed by atoms with Crippen molar-refractivity contribution >= 4 is 21.8 Å². The summed E-state index contributed by atoms with van der Waals surface area (Å²) < 4.78 is 112. The maximum Gasteiger partial charge on any atom is 0.419 e. The fourth-order valence-corrected chi connectivity index (χ4v) is 12.3. The topological polar surface area (TPSA) is 117 Å². The van der Waals surface area contributed by atoms with Crippen molar-refractivity contribution in [3.63, 3.8) is 0 Å². The van der Waals surface area contributed by atoms with Gasteiger partial charge in [-0.3, -0.25) is 0 Å². The van der Waals surface area contributed by atoms with Crippen LogP contribution in [0.4, 0.5) is 35.1 Å². The number of nitrogens with zero attached hydrogens (tertiary/aromatic N) is 4. The number of hydrogen-bond acceptors (Lipinski definition) is 6. The van der Waals surface area contributed by atoms with Crippen LogP contribution in [-0.4, -0.2) is 75.7 Å². The van der Waals surface area contributed by atoms with Crippen LogP contribution in [0.5, 0.6) is 0 Å². The highest BCUT2D eigenvalue weighted by molar-refractivity contribution is 5.84. The molecule has 0 unspecified atom stereocenters. The van der Waals surface area contributed by atoms with Gasteiger partial charge in [-0.05, 0) is 184 Å². The highest BCUT2D eigenvalue weighted by atomic mass is 19.4. The first-order valence-corrected chi connectivity index (χ1v) is 22.7. The zero-order valence-electron chi connectivity index (χ0n) is 36.5. The van der Waals surface area contributed by atoms with Crippen LogP contribution in [0.15, 0.2) is 85.2 Å². The molecule has 0 saturated heterocycles. The van der Waals surface area contributed by atoms with Crippen LogP contribution in [0.25, 0.3) is 33.2 Å². The van der Waals surface area contributed by atoms with E-state index in [0.717, 1.165) is 44.1 Å². The number of aliphatic hydroxyl groups is 4. The van der Waals surface area contributed by atoms with Crippen molar-refractivity contribution in [2.75, 3.05) is 0 Å². The fourth-order valence-electron chi connectivity index (χ4n) is 12.3. The molecule has 8 nitrogen and oxygen atoms in total. The molecule has 2 fully saturated rings. The molecule has 4 aromatic carbocycles. The average molecular weight is 925 g/mol. The van der Waals surface area contributed by atoms with Gasteiger partial charge in [0.15, 0.2) is 11.2 Å². The van der Waals surface area contributed by atoms with Gasteiger partial charge in [0.1, 0.15) is 11.6 Å². The predicted molar refractivity (Wildman–Crippen MR) is 231 cm³/mol. The summed E-state index contributed by atoms with van der Waals surface area (Å²) >= 11 is 0. The Morgan fingerprint density at radius 2 is 0.939 bits per heavy atom. The van der Waals surface area contributed by atoms with Crippen LogP contribution in [0.1, 0.15) is 100 Å². The van der Waals surface area contributed by atoms with Gasteiger partial charge < -0.3 is 20.4 Å². The highest BCUT2D eigenvalue weighted by Crippen LogP contribution is 2.59. The minimum absolute atomic E-state index is 0.144. The summed E-state index contributed by atoms with van der Waals surface area (Å²) in [5.74, 6) is -1.48. The second-order valence-electron chi connectivity index (χ2n) is 19.1. The normalized spacial score (nSPS) is 30.0. The molecule has 0 aliphatic heterocycles. The first-order chi connectivity index (χ1) is 31.2. The van der Waals surface area contributed by atoms with E-state index in [0.29, 0.717) is 62.7 Å². The van der Waals surface area contributed by atoms with Gasteiger partial charge in [0.2, 0.25) is 0 Å². The first kappa shape index (κ1) is 46.2. The lowest BCUT2D eigenvalue weighted by atomic mass is 9.55. The molecule has 6 aromatic rings. The monoisotopic (exact) mass is 924 g/mol. The summed E-state index contributed by atoms with van der Waals surface area (Å²) in [5, 5.41) is 52.7. The molecule has 2 aromatic heterocycles. The minimum atomic E-state index is -4.89. The van der Waals surface area contributed by atoms with E-state index >= 15 is 0 Å². The van der Waals surface area contributed by atoms with Crippen molar-refractivity contribution in [2.24, 2.45) is 11.8 Å². The number of alkyl halides is 6.